The third kappa shape index (κ3) is 4.16. The Balaban J connectivity index is 3.36. The summed E-state index contributed by atoms with van der Waals surface area (Å²) in [4.78, 5) is 11.2. The molecular weight excluding hydrogens is 313 g/mol. The van der Waals surface area contributed by atoms with Gasteiger partial charge < -0.3 is 5.11 Å². The molecule has 0 spiro atoms. The van der Waals surface area contributed by atoms with Gasteiger partial charge in [0.1, 0.15) is 6.04 Å². The van der Waals surface area contributed by atoms with Gasteiger partial charge >= 0.3 is 12.1 Å². The fourth-order valence-electron chi connectivity index (χ4n) is 1.51. The number of carboxylic acid groups (broad SMARTS) is 1. The van der Waals surface area contributed by atoms with E-state index >= 15 is 0 Å². The molecule has 118 valence electrons. The predicted octanol–water partition coefficient (Wildman–Crippen LogP) is 1.23. The van der Waals surface area contributed by atoms with Crippen molar-refractivity contribution in [2.45, 2.75) is 12.2 Å². The van der Waals surface area contributed by atoms with Crippen molar-refractivity contribution in [3.8, 4) is 0 Å². The summed E-state index contributed by atoms with van der Waals surface area (Å²) in [5.41, 5.74) is -1.89. The van der Waals surface area contributed by atoms with Gasteiger partial charge in [-0.25, -0.2) is 0 Å². The minimum atomic E-state index is -4.80. The molecule has 0 radical (unpaired) electrons. The Morgan fingerprint density at radius 1 is 1.29 bits per heavy atom. The Kier molecular flexibility index (Phi) is 4.97. The number of benzene rings is 1. The molecule has 1 unspecified atom stereocenters. The molecule has 0 aliphatic carbocycles. The number of carboxylic acids is 1. The lowest BCUT2D eigenvalue weighted by molar-refractivity contribution is -0.141. The molecule has 1 rings (SSSR count). The van der Waals surface area contributed by atoms with Crippen molar-refractivity contribution in [3.05, 3.63) is 35.4 Å². The molecule has 0 amide bonds. The summed E-state index contributed by atoms with van der Waals surface area (Å²) >= 11 is 0. The number of nitrogens with zero attached hydrogens (tertiary/aromatic N) is 1. The van der Waals surface area contributed by atoms with Crippen LogP contribution in [0.15, 0.2) is 24.3 Å². The SMILES string of the molecule is CN(C)S(=O)(=O)NC(C(=O)O)c1ccccc1C(F)(F)F. The standard InChI is InChI=1S/C11H13F3N2O4S/c1-16(2)21(19,20)15-9(10(17)18)7-5-3-4-6-8(7)11(12,13)14/h3-6,9,15H,1-2H3,(H,17,18). The van der Waals surface area contributed by atoms with E-state index in [4.69, 9.17) is 5.11 Å². The maximum absolute atomic E-state index is 12.9. The highest BCUT2D eigenvalue weighted by atomic mass is 32.2. The number of carbonyl (C=O) groups is 1. The molecule has 1 aromatic carbocycles. The number of rotatable bonds is 5. The Morgan fingerprint density at radius 3 is 2.24 bits per heavy atom. The second-order valence-corrected chi connectivity index (χ2v) is 6.18. The molecule has 1 atom stereocenters. The van der Waals surface area contributed by atoms with Gasteiger partial charge in [0.05, 0.1) is 5.56 Å². The van der Waals surface area contributed by atoms with Crippen LogP contribution in [0.2, 0.25) is 0 Å². The van der Waals surface area contributed by atoms with E-state index in [0.717, 1.165) is 26.2 Å². The van der Waals surface area contributed by atoms with Crippen LogP contribution in [0.3, 0.4) is 0 Å². The molecule has 0 fully saturated rings. The Morgan fingerprint density at radius 2 is 1.81 bits per heavy atom. The zero-order valence-electron chi connectivity index (χ0n) is 11.0. The van der Waals surface area contributed by atoms with Crippen LogP contribution in [0.4, 0.5) is 13.2 Å². The van der Waals surface area contributed by atoms with Gasteiger partial charge in [0, 0.05) is 14.1 Å². The van der Waals surface area contributed by atoms with Crippen molar-refractivity contribution in [1.82, 2.24) is 9.03 Å². The Labute approximate surface area is 119 Å². The summed E-state index contributed by atoms with van der Waals surface area (Å²) in [5, 5.41) is 9.05. The van der Waals surface area contributed by atoms with Gasteiger partial charge in [-0.2, -0.15) is 30.6 Å². The zero-order chi connectivity index (χ0) is 16.4. The number of hydrogen-bond donors (Lipinski definition) is 2. The average molecular weight is 326 g/mol. The van der Waals surface area contributed by atoms with E-state index in [0.29, 0.717) is 10.4 Å². The summed E-state index contributed by atoms with van der Waals surface area (Å²) in [5.74, 6) is -1.74. The molecule has 1 aromatic rings. The monoisotopic (exact) mass is 326 g/mol. The van der Waals surface area contributed by atoms with Gasteiger partial charge in [-0.1, -0.05) is 18.2 Å². The molecule has 0 bridgehead atoms. The topological polar surface area (TPSA) is 86.7 Å². The maximum atomic E-state index is 12.9. The first-order valence-corrected chi connectivity index (χ1v) is 6.99. The third-order valence-corrected chi connectivity index (χ3v) is 4.07. The van der Waals surface area contributed by atoms with Gasteiger partial charge in [0.25, 0.3) is 10.2 Å². The zero-order valence-corrected chi connectivity index (χ0v) is 11.9. The van der Waals surface area contributed by atoms with E-state index in [1.807, 2.05) is 0 Å². The van der Waals surface area contributed by atoms with Crippen LogP contribution in [0.1, 0.15) is 17.2 Å². The van der Waals surface area contributed by atoms with Crippen molar-refractivity contribution in [2.24, 2.45) is 0 Å². The van der Waals surface area contributed by atoms with Gasteiger partial charge in [-0.05, 0) is 11.6 Å². The molecule has 0 heterocycles. The van der Waals surface area contributed by atoms with Crippen molar-refractivity contribution in [1.29, 1.82) is 0 Å². The molecule has 0 aliphatic heterocycles. The minimum absolute atomic E-state index is 0.666. The number of hydrogen-bond acceptors (Lipinski definition) is 3. The molecule has 2 N–H and O–H groups in total. The van der Waals surface area contributed by atoms with Gasteiger partial charge in [0.15, 0.2) is 0 Å². The van der Waals surface area contributed by atoms with Crippen LogP contribution in [0.5, 0.6) is 0 Å². The van der Waals surface area contributed by atoms with Crippen molar-refractivity contribution in [3.63, 3.8) is 0 Å². The highest BCUT2D eigenvalue weighted by Gasteiger charge is 2.38. The summed E-state index contributed by atoms with van der Waals surface area (Å²) in [6, 6.07) is 1.85. The lowest BCUT2D eigenvalue weighted by Crippen LogP contribution is -2.41. The van der Waals surface area contributed by atoms with Crippen LogP contribution < -0.4 is 4.72 Å². The van der Waals surface area contributed by atoms with Crippen molar-refractivity contribution >= 4 is 16.2 Å². The summed E-state index contributed by atoms with van der Waals surface area (Å²) < 4.78 is 64.3. The quantitative estimate of drug-likeness (QED) is 0.852. The molecule has 0 saturated heterocycles. The fraction of sp³-hybridized carbons (Fsp3) is 0.364. The summed E-state index contributed by atoms with van der Waals surface area (Å²) in [6.45, 7) is 0. The van der Waals surface area contributed by atoms with E-state index in [9.17, 15) is 26.4 Å². The van der Waals surface area contributed by atoms with Crippen molar-refractivity contribution in [2.75, 3.05) is 14.1 Å². The fourth-order valence-corrected chi connectivity index (χ4v) is 2.24. The van der Waals surface area contributed by atoms with Crippen molar-refractivity contribution < 1.29 is 31.5 Å². The molecule has 0 aliphatic rings. The van der Waals surface area contributed by atoms with E-state index in [-0.39, 0.29) is 0 Å². The van der Waals surface area contributed by atoms with Crippen LogP contribution in [0.25, 0.3) is 0 Å². The molecule has 0 saturated carbocycles. The number of aliphatic carboxylic acids is 1. The lowest BCUT2D eigenvalue weighted by atomic mass is 10.0. The Bertz CT molecular complexity index is 629. The van der Waals surface area contributed by atoms with Gasteiger partial charge in [-0.3, -0.25) is 4.79 Å². The van der Waals surface area contributed by atoms with Gasteiger partial charge in [0.2, 0.25) is 0 Å². The second-order valence-electron chi connectivity index (χ2n) is 4.26. The molecule has 10 heteroatoms. The smallest absolute Gasteiger partial charge is 0.416 e. The maximum Gasteiger partial charge on any atom is 0.416 e. The highest BCUT2D eigenvalue weighted by molar-refractivity contribution is 7.87. The lowest BCUT2D eigenvalue weighted by Gasteiger charge is -2.21. The van der Waals surface area contributed by atoms with E-state index in [1.54, 1.807) is 4.72 Å². The first kappa shape index (κ1) is 17.4. The molecule has 21 heavy (non-hydrogen) atoms. The second kappa shape index (κ2) is 6.00. The predicted molar refractivity (Wildman–Crippen MR) is 67.6 cm³/mol. The Hall–Kier alpha value is -1.65. The normalized spacial score (nSPS) is 14.2. The summed E-state index contributed by atoms with van der Waals surface area (Å²) in [6.07, 6.45) is -4.80. The van der Waals surface area contributed by atoms with E-state index in [2.05, 4.69) is 0 Å². The third-order valence-electron chi connectivity index (χ3n) is 2.57. The molecular formula is C11H13F3N2O4S. The van der Waals surface area contributed by atoms with Crippen LogP contribution in [-0.2, 0) is 21.2 Å². The average Bonchev–Trinajstić information content (AvgIpc) is 2.34. The largest absolute Gasteiger partial charge is 0.480 e. The first-order chi connectivity index (χ1) is 9.47. The van der Waals surface area contributed by atoms with Crippen LogP contribution >= 0.6 is 0 Å². The van der Waals surface area contributed by atoms with Gasteiger partial charge in [-0.15, -0.1) is 0 Å². The van der Waals surface area contributed by atoms with Crippen LogP contribution in [0, 0.1) is 0 Å². The highest BCUT2D eigenvalue weighted by Crippen LogP contribution is 2.34. The molecule has 0 aromatic heterocycles. The number of halogens is 3. The first-order valence-electron chi connectivity index (χ1n) is 5.55. The summed E-state index contributed by atoms with van der Waals surface area (Å²) in [7, 11) is -1.97. The van der Waals surface area contributed by atoms with E-state index in [1.165, 1.54) is 6.07 Å². The van der Waals surface area contributed by atoms with E-state index < -0.39 is 39.5 Å². The number of alkyl halides is 3. The number of nitrogens with one attached hydrogen (secondary N) is 1. The van der Waals surface area contributed by atoms with Crippen LogP contribution in [-0.4, -0.2) is 37.9 Å². The minimum Gasteiger partial charge on any atom is -0.480 e. The molecule has 6 nitrogen and oxygen atoms in total.